The molecule has 0 radical (unpaired) electrons. The van der Waals surface area contributed by atoms with Crippen molar-refractivity contribution in [2.45, 2.75) is 25.5 Å². The Bertz CT molecular complexity index is 393. The summed E-state index contributed by atoms with van der Waals surface area (Å²) in [5.74, 6) is -1.30. The second kappa shape index (κ2) is 6.60. The van der Waals surface area contributed by atoms with Crippen molar-refractivity contribution < 1.29 is 19.8 Å². The Morgan fingerprint density at radius 2 is 2.28 bits per heavy atom. The van der Waals surface area contributed by atoms with Gasteiger partial charge in [0.2, 0.25) is 0 Å². The smallest absolute Gasteiger partial charge is 0.332 e. The first-order chi connectivity index (χ1) is 8.50. The fourth-order valence-corrected chi connectivity index (χ4v) is 1.27. The molecule has 0 aliphatic rings. The largest absolute Gasteiger partial charge is 0.479 e. The molecule has 5 N–H and O–H groups in total. The molecule has 2 amide bonds. The summed E-state index contributed by atoms with van der Waals surface area (Å²) in [7, 11) is 0. The first kappa shape index (κ1) is 14.0. The third-order valence-electron chi connectivity index (χ3n) is 2.36. The summed E-state index contributed by atoms with van der Waals surface area (Å²) in [5.41, 5.74) is 0.829. The van der Waals surface area contributed by atoms with Gasteiger partial charge in [-0.3, -0.25) is 5.10 Å². The highest BCUT2D eigenvalue weighted by atomic mass is 16.4. The van der Waals surface area contributed by atoms with Gasteiger partial charge in [-0.1, -0.05) is 0 Å². The number of rotatable bonds is 6. The number of nitrogens with zero attached hydrogens (tertiary/aromatic N) is 1. The Kier molecular flexibility index (Phi) is 5.12. The highest BCUT2D eigenvalue weighted by Gasteiger charge is 2.14. The quantitative estimate of drug-likeness (QED) is 0.473. The molecule has 1 heterocycles. The van der Waals surface area contributed by atoms with E-state index in [1.165, 1.54) is 0 Å². The maximum Gasteiger partial charge on any atom is 0.332 e. The number of H-pyrrole nitrogens is 1. The van der Waals surface area contributed by atoms with Crippen LogP contribution in [0.1, 0.15) is 24.9 Å². The van der Waals surface area contributed by atoms with Gasteiger partial charge in [-0.15, -0.1) is 0 Å². The minimum absolute atomic E-state index is 0.0388. The third kappa shape index (κ3) is 4.42. The van der Waals surface area contributed by atoms with Crippen LogP contribution in [0, 0.1) is 0 Å². The van der Waals surface area contributed by atoms with Gasteiger partial charge in [0.05, 0.1) is 12.2 Å². The second-order valence-corrected chi connectivity index (χ2v) is 3.80. The van der Waals surface area contributed by atoms with E-state index < -0.39 is 18.1 Å². The lowest BCUT2D eigenvalue weighted by Crippen LogP contribution is -2.38. The standard InChI is InChI=1S/C10H16N4O4/c1-6(7-4-12-13-5-7)14-10(18)11-3-2-8(15)9(16)17/h4-6,8,15H,2-3H2,1H3,(H,12,13)(H,16,17)(H2,11,14,18)/t6?,8-/m0/s1. The van der Waals surface area contributed by atoms with Crippen LogP contribution in [0.25, 0.3) is 0 Å². The number of carboxylic acid groups (broad SMARTS) is 1. The van der Waals surface area contributed by atoms with Crippen molar-refractivity contribution in [3.63, 3.8) is 0 Å². The Morgan fingerprint density at radius 3 is 2.83 bits per heavy atom. The molecule has 0 aliphatic heterocycles. The van der Waals surface area contributed by atoms with E-state index in [0.29, 0.717) is 0 Å². The number of aliphatic carboxylic acids is 1. The topological polar surface area (TPSA) is 127 Å². The summed E-state index contributed by atoms with van der Waals surface area (Å²) in [6, 6.07) is -0.644. The molecule has 100 valence electrons. The second-order valence-electron chi connectivity index (χ2n) is 3.80. The number of aliphatic hydroxyl groups is 1. The molecule has 0 spiro atoms. The van der Waals surface area contributed by atoms with Gasteiger partial charge in [-0.05, 0) is 6.92 Å². The molecular formula is C10H16N4O4. The minimum atomic E-state index is -1.46. The van der Waals surface area contributed by atoms with E-state index in [1.54, 1.807) is 19.3 Å². The Morgan fingerprint density at radius 1 is 1.56 bits per heavy atom. The Hall–Kier alpha value is -2.09. The molecule has 2 atom stereocenters. The first-order valence-corrected chi connectivity index (χ1v) is 5.44. The molecule has 0 aliphatic carbocycles. The number of aliphatic hydroxyl groups excluding tert-OH is 1. The van der Waals surface area contributed by atoms with Crippen molar-refractivity contribution >= 4 is 12.0 Å². The third-order valence-corrected chi connectivity index (χ3v) is 2.36. The average Bonchev–Trinajstić information content (AvgIpc) is 2.81. The predicted octanol–water partition coefficient (Wildman–Crippen LogP) is -0.394. The molecule has 0 aromatic carbocycles. The minimum Gasteiger partial charge on any atom is -0.479 e. The van der Waals surface area contributed by atoms with Crippen LogP contribution in [0.15, 0.2) is 12.4 Å². The van der Waals surface area contributed by atoms with E-state index >= 15 is 0 Å². The van der Waals surface area contributed by atoms with E-state index in [1.807, 2.05) is 0 Å². The first-order valence-electron chi connectivity index (χ1n) is 5.44. The van der Waals surface area contributed by atoms with Gasteiger partial charge in [0.25, 0.3) is 0 Å². The number of carbonyl (C=O) groups is 2. The van der Waals surface area contributed by atoms with Crippen LogP contribution >= 0.6 is 0 Å². The lowest BCUT2D eigenvalue weighted by atomic mass is 10.2. The Balaban J connectivity index is 2.24. The highest BCUT2D eigenvalue weighted by Crippen LogP contribution is 2.08. The average molecular weight is 256 g/mol. The highest BCUT2D eigenvalue weighted by molar-refractivity contribution is 5.74. The van der Waals surface area contributed by atoms with E-state index in [0.717, 1.165) is 5.56 Å². The number of aromatic nitrogens is 2. The number of hydrogen-bond donors (Lipinski definition) is 5. The summed E-state index contributed by atoms with van der Waals surface area (Å²) in [5, 5.41) is 28.9. The molecule has 18 heavy (non-hydrogen) atoms. The van der Waals surface area contributed by atoms with Gasteiger partial charge < -0.3 is 20.8 Å². The van der Waals surface area contributed by atoms with E-state index in [4.69, 9.17) is 10.2 Å². The fourth-order valence-electron chi connectivity index (χ4n) is 1.27. The zero-order chi connectivity index (χ0) is 13.5. The number of carbonyl (C=O) groups excluding carboxylic acids is 1. The summed E-state index contributed by atoms with van der Waals surface area (Å²) >= 11 is 0. The van der Waals surface area contributed by atoms with Crippen LogP contribution in [0.3, 0.4) is 0 Å². The van der Waals surface area contributed by atoms with Gasteiger partial charge >= 0.3 is 12.0 Å². The maximum absolute atomic E-state index is 11.4. The molecule has 8 heteroatoms. The number of aromatic amines is 1. The molecule has 0 bridgehead atoms. The van der Waals surface area contributed by atoms with Crippen molar-refractivity contribution in [3.05, 3.63) is 18.0 Å². The van der Waals surface area contributed by atoms with Crippen molar-refractivity contribution in [3.8, 4) is 0 Å². The Labute approximate surface area is 103 Å². The summed E-state index contributed by atoms with van der Waals surface area (Å²) in [4.78, 5) is 21.7. The van der Waals surface area contributed by atoms with Crippen LogP contribution in [0.4, 0.5) is 4.79 Å². The normalized spacial score (nSPS) is 13.7. The number of hydrogen-bond acceptors (Lipinski definition) is 4. The molecule has 0 saturated heterocycles. The van der Waals surface area contributed by atoms with E-state index in [9.17, 15) is 9.59 Å². The van der Waals surface area contributed by atoms with Crippen molar-refractivity contribution in [1.82, 2.24) is 20.8 Å². The number of urea groups is 1. The van der Waals surface area contributed by atoms with Crippen LogP contribution in [-0.2, 0) is 4.79 Å². The van der Waals surface area contributed by atoms with Gasteiger partial charge in [-0.25, -0.2) is 9.59 Å². The molecule has 8 nitrogen and oxygen atoms in total. The SMILES string of the molecule is CC(NC(=O)NCC[C@H](O)C(=O)O)c1cn[nH]c1. The van der Waals surface area contributed by atoms with Crippen LogP contribution in [0.5, 0.6) is 0 Å². The molecule has 1 aromatic rings. The van der Waals surface area contributed by atoms with Crippen molar-refractivity contribution in [2.75, 3.05) is 6.54 Å². The molecule has 0 fully saturated rings. The molecule has 1 aromatic heterocycles. The van der Waals surface area contributed by atoms with Crippen molar-refractivity contribution in [1.29, 1.82) is 0 Å². The zero-order valence-electron chi connectivity index (χ0n) is 9.88. The van der Waals surface area contributed by atoms with Gasteiger partial charge in [0, 0.05) is 24.7 Å². The van der Waals surface area contributed by atoms with Gasteiger partial charge in [-0.2, -0.15) is 5.10 Å². The van der Waals surface area contributed by atoms with E-state index in [2.05, 4.69) is 20.8 Å². The van der Waals surface area contributed by atoms with Crippen molar-refractivity contribution in [2.24, 2.45) is 0 Å². The predicted molar refractivity (Wildman–Crippen MR) is 61.8 cm³/mol. The molecular weight excluding hydrogens is 240 g/mol. The van der Waals surface area contributed by atoms with E-state index in [-0.39, 0.29) is 19.0 Å². The molecule has 1 rings (SSSR count). The summed E-state index contributed by atoms with van der Waals surface area (Å²) in [6.07, 6.45) is 1.76. The van der Waals surface area contributed by atoms with Crippen LogP contribution in [-0.4, -0.2) is 45.1 Å². The van der Waals surface area contributed by atoms with Gasteiger partial charge in [0.15, 0.2) is 6.10 Å². The summed E-state index contributed by atoms with van der Waals surface area (Å²) < 4.78 is 0. The van der Waals surface area contributed by atoms with Gasteiger partial charge in [0.1, 0.15) is 0 Å². The van der Waals surface area contributed by atoms with Crippen LogP contribution in [0.2, 0.25) is 0 Å². The molecule has 0 saturated carbocycles. The summed E-state index contributed by atoms with van der Waals surface area (Å²) in [6.45, 7) is 1.87. The number of carboxylic acids is 1. The zero-order valence-corrected chi connectivity index (χ0v) is 9.88. The fraction of sp³-hybridized carbons (Fsp3) is 0.500. The lowest BCUT2D eigenvalue weighted by molar-refractivity contribution is -0.146. The number of amides is 2. The van der Waals surface area contributed by atoms with Crippen LogP contribution < -0.4 is 10.6 Å². The maximum atomic E-state index is 11.4. The molecule has 1 unspecified atom stereocenters. The lowest BCUT2D eigenvalue weighted by Gasteiger charge is -2.13. The number of nitrogens with one attached hydrogen (secondary N) is 3. The monoisotopic (exact) mass is 256 g/mol.